The lowest BCUT2D eigenvalue weighted by Crippen LogP contribution is -2.51. The number of carbonyl (C=O) groups excluding carboxylic acids is 1. The quantitative estimate of drug-likeness (QED) is 0.886. The van der Waals surface area contributed by atoms with Gasteiger partial charge < -0.3 is 20.3 Å². The molecule has 0 spiro atoms. The zero-order valence-electron chi connectivity index (χ0n) is 13.4. The average molecular weight is 347 g/mol. The highest BCUT2D eigenvalue weighted by Gasteiger charge is 2.34. The number of anilines is 1. The van der Waals surface area contributed by atoms with Gasteiger partial charge in [-0.15, -0.1) is 11.3 Å². The van der Waals surface area contributed by atoms with Crippen molar-refractivity contribution in [1.82, 2.24) is 14.9 Å². The summed E-state index contributed by atoms with van der Waals surface area (Å²) in [5.74, 6) is 1.08. The van der Waals surface area contributed by atoms with Gasteiger partial charge in [0.25, 0.3) is 5.91 Å². The second-order valence-electron chi connectivity index (χ2n) is 6.20. The van der Waals surface area contributed by atoms with Crippen LogP contribution in [0, 0.1) is 0 Å². The monoisotopic (exact) mass is 347 g/mol. The van der Waals surface area contributed by atoms with Crippen LogP contribution in [0.3, 0.4) is 0 Å². The second-order valence-corrected chi connectivity index (χ2v) is 7.12. The second kappa shape index (κ2) is 6.62. The standard InChI is InChI=1S/C16H21N5O2S/c17-9-11-1-2-13(23-11)16(22)21-6-4-20(5-7-21)15-14-12(3-8-24-14)18-10-19-15/h3,8,10-11,13H,1-2,4-7,9,17H2/t11-,13+/m1/s1. The van der Waals surface area contributed by atoms with E-state index in [1.165, 1.54) is 0 Å². The van der Waals surface area contributed by atoms with E-state index in [4.69, 9.17) is 10.5 Å². The summed E-state index contributed by atoms with van der Waals surface area (Å²) in [5, 5.41) is 2.04. The first-order valence-electron chi connectivity index (χ1n) is 8.33. The molecule has 4 heterocycles. The molecular weight excluding hydrogens is 326 g/mol. The Labute approximate surface area is 144 Å². The van der Waals surface area contributed by atoms with Gasteiger partial charge in [-0.25, -0.2) is 9.97 Å². The predicted octanol–water partition coefficient (Wildman–Crippen LogP) is 0.846. The molecule has 0 aromatic carbocycles. The van der Waals surface area contributed by atoms with E-state index in [9.17, 15) is 4.79 Å². The van der Waals surface area contributed by atoms with E-state index in [0.29, 0.717) is 19.6 Å². The van der Waals surface area contributed by atoms with E-state index in [2.05, 4.69) is 14.9 Å². The van der Waals surface area contributed by atoms with E-state index in [-0.39, 0.29) is 18.1 Å². The maximum absolute atomic E-state index is 12.6. The number of piperazine rings is 1. The number of hydrogen-bond donors (Lipinski definition) is 1. The number of rotatable bonds is 3. The topological polar surface area (TPSA) is 84.6 Å². The summed E-state index contributed by atoms with van der Waals surface area (Å²) < 4.78 is 6.85. The first-order chi connectivity index (χ1) is 11.8. The van der Waals surface area contributed by atoms with Crippen LogP contribution in [-0.2, 0) is 9.53 Å². The summed E-state index contributed by atoms with van der Waals surface area (Å²) in [6, 6.07) is 2.01. The SMILES string of the molecule is NC[C@H]1CC[C@@H](C(=O)N2CCN(c3ncnc4ccsc34)CC2)O1. The lowest BCUT2D eigenvalue weighted by atomic mass is 10.1. The van der Waals surface area contributed by atoms with Gasteiger partial charge in [-0.3, -0.25) is 4.79 Å². The van der Waals surface area contributed by atoms with Crippen LogP contribution in [0.2, 0.25) is 0 Å². The fourth-order valence-electron chi connectivity index (χ4n) is 3.40. The van der Waals surface area contributed by atoms with Crippen molar-refractivity contribution in [2.45, 2.75) is 25.0 Å². The van der Waals surface area contributed by atoms with Crippen LogP contribution < -0.4 is 10.6 Å². The van der Waals surface area contributed by atoms with Crippen LogP contribution in [0.5, 0.6) is 0 Å². The molecule has 128 valence electrons. The molecule has 2 atom stereocenters. The van der Waals surface area contributed by atoms with Crippen molar-refractivity contribution in [1.29, 1.82) is 0 Å². The van der Waals surface area contributed by atoms with Crippen molar-refractivity contribution in [2.24, 2.45) is 5.73 Å². The molecule has 2 aliphatic heterocycles. The summed E-state index contributed by atoms with van der Waals surface area (Å²) in [4.78, 5) is 25.5. The maximum atomic E-state index is 12.6. The maximum Gasteiger partial charge on any atom is 0.251 e. The van der Waals surface area contributed by atoms with Gasteiger partial charge in [-0.1, -0.05) is 0 Å². The lowest BCUT2D eigenvalue weighted by molar-refractivity contribution is -0.143. The minimum Gasteiger partial charge on any atom is -0.364 e. The molecule has 2 fully saturated rings. The molecule has 0 aliphatic carbocycles. The molecule has 0 saturated carbocycles. The summed E-state index contributed by atoms with van der Waals surface area (Å²) in [7, 11) is 0. The van der Waals surface area contributed by atoms with Crippen molar-refractivity contribution in [3.05, 3.63) is 17.8 Å². The van der Waals surface area contributed by atoms with Gasteiger partial charge in [0.2, 0.25) is 0 Å². The number of carbonyl (C=O) groups is 1. The number of hydrogen-bond acceptors (Lipinski definition) is 7. The van der Waals surface area contributed by atoms with Crippen LogP contribution in [0.25, 0.3) is 10.2 Å². The predicted molar refractivity (Wildman–Crippen MR) is 93.2 cm³/mol. The van der Waals surface area contributed by atoms with E-state index in [1.807, 2.05) is 16.3 Å². The Kier molecular flexibility index (Phi) is 4.34. The molecule has 2 aromatic rings. The van der Waals surface area contributed by atoms with Crippen molar-refractivity contribution in [2.75, 3.05) is 37.6 Å². The molecule has 24 heavy (non-hydrogen) atoms. The van der Waals surface area contributed by atoms with Gasteiger partial charge in [0.15, 0.2) is 0 Å². The Morgan fingerprint density at radius 2 is 2.12 bits per heavy atom. The van der Waals surface area contributed by atoms with Gasteiger partial charge in [0.05, 0.1) is 16.3 Å². The number of fused-ring (bicyclic) bond motifs is 1. The lowest BCUT2D eigenvalue weighted by Gasteiger charge is -2.36. The van der Waals surface area contributed by atoms with Crippen LogP contribution in [-0.4, -0.2) is 65.7 Å². The third kappa shape index (κ3) is 2.85. The molecule has 2 saturated heterocycles. The van der Waals surface area contributed by atoms with E-state index in [1.54, 1.807) is 17.7 Å². The van der Waals surface area contributed by atoms with Gasteiger partial charge in [-0.2, -0.15) is 0 Å². The average Bonchev–Trinajstić information content (AvgIpc) is 3.30. The third-order valence-corrected chi connectivity index (χ3v) is 5.66. The largest absolute Gasteiger partial charge is 0.364 e. The van der Waals surface area contributed by atoms with Gasteiger partial charge in [0, 0.05) is 32.7 Å². The van der Waals surface area contributed by atoms with Gasteiger partial charge in [-0.05, 0) is 24.3 Å². The van der Waals surface area contributed by atoms with Crippen molar-refractivity contribution in [3.63, 3.8) is 0 Å². The molecule has 1 amide bonds. The highest BCUT2D eigenvalue weighted by molar-refractivity contribution is 7.17. The van der Waals surface area contributed by atoms with Gasteiger partial charge in [0.1, 0.15) is 18.2 Å². The molecule has 8 heteroatoms. The minimum atomic E-state index is -0.312. The molecule has 7 nitrogen and oxygen atoms in total. The highest BCUT2D eigenvalue weighted by Crippen LogP contribution is 2.29. The Morgan fingerprint density at radius 1 is 1.29 bits per heavy atom. The Bertz CT molecular complexity index is 728. The molecule has 4 rings (SSSR count). The fraction of sp³-hybridized carbons (Fsp3) is 0.562. The molecule has 0 unspecified atom stereocenters. The van der Waals surface area contributed by atoms with Crippen LogP contribution >= 0.6 is 11.3 Å². The first kappa shape index (κ1) is 15.7. The third-order valence-electron chi connectivity index (χ3n) is 4.76. The summed E-state index contributed by atoms with van der Waals surface area (Å²) in [5.41, 5.74) is 6.61. The van der Waals surface area contributed by atoms with Crippen molar-refractivity contribution < 1.29 is 9.53 Å². The number of nitrogens with two attached hydrogens (primary N) is 1. The van der Waals surface area contributed by atoms with E-state index in [0.717, 1.165) is 42.0 Å². The zero-order valence-corrected chi connectivity index (χ0v) is 14.2. The van der Waals surface area contributed by atoms with Crippen LogP contribution in [0.4, 0.5) is 5.82 Å². The fourth-order valence-corrected chi connectivity index (χ4v) is 4.27. The molecule has 2 aromatic heterocycles. The molecule has 2 aliphatic rings. The highest BCUT2D eigenvalue weighted by atomic mass is 32.1. The summed E-state index contributed by atoms with van der Waals surface area (Å²) in [6.07, 6.45) is 3.00. The number of ether oxygens (including phenoxy) is 1. The summed E-state index contributed by atoms with van der Waals surface area (Å²) in [6.45, 7) is 3.44. The van der Waals surface area contributed by atoms with Gasteiger partial charge >= 0.3 is 0 Å². The summed E-state index contributed by atoms with van der Waals surface area (Å²) >= 11 is 1.66. The number of amides is 1. The Morgan fingerprint density at radius 3 is 2.88 bits per heavy atom. The molecule has 0 radical (unpaired) electrons. The van der Waals surface area contributed by atoms with Crippen molar-refractivity contribution >= 4 is 33.3 Å². The van der Waals surface area contributed by atoms with Crippen molar-refractivity contribution in [3.8, 4) is 0 Å². The molecule has 0 bridgehead atoms. The Balaban J connectivity index is 1.40. The number of thiophene rings is 1. The molecule has 2 N–H and O–H groups in total. The smallest absolute Gasteiger partial charge is 0.251 e. The zero-order chi connectivity index (χ0) is 16.5. The van der Waals surface area contributed by atoms with E-state index >= 15 is 0 Å². The Hall–Kier alpha value is -1.77. The first-order valence-corrected chi connectivity index (χ1v) is 9.21. The van der Waals surface area contributed by atoms with E-state index < -0.39 is 0 Å². The normalized spacial score (nSPS) is 24.7. The molecular formula is C16H21N5O2S. The minimum absolute atomic E-state index is 0.0355. The van der Waals surface area contributed by atoms with Crippen LogP contribution in [0.1, 0.15) is 12.8 Å². The van der Waals surface area contributed by atoms with Crippen LogP contribution in [0.15, 0.2) is 17.8 Å². The number of aromatic nitrogens is 2. The number of nitrogens with zero attached hydrogens (tertiary/aromatic N) is 4.